The molecular weight excluding hydrogens is 210 g/mol. The third kappa shape index (κ3) is 2.61. The van der Waals surface area contributed by atoms with Gasteiger partial charge in [-0.2, -0.15) is 0 Å². The smallest absolute Gasteiger partial charge is 0.373 e. The van der Waals surface area contributed by atoms with Gasteiger partial charge in [-0.25, -0.2) is 9.78 Å². The van der Waals surface area contributed by atoms with Gasteiger partial charge in [-0.3, -0.25) is 0 Å². The lowest BCUT2D eigenvalue weighted by atomic mass is 9.98. The van der Waals surface area contributed by atoms with E-state index in [0.717, 1.165) is 0 Å². The van der Waals surface area contributed by atoms with E-state index in [2.05, 4.69) is 4.98 Å². The van der Waals surface area contributed by atoms with Crippen molar-refractivity contribution in [1.82, 2.24) is 4.98 Å². The van der Waals surface area contributed by atoms with Gasteiger partial charge in [-0.05, 0) is 5.92 Å². The summed E-state index contributed by atoms with van der Waals surface area (Å²) in [7, 11) is 1.49. The monoisotopic (exact) mass is 227 g/mol. The van der Waals surface area contributed by atoms with E-state index in [1.165, 1.54) is 7.11 Å². The predicted octanol–water partition coefficient (Wildman–Crippen LogP) is 2.28. The predicted molar refractivity (Wildman–Crippen MR) is 57.4 cm³/mol. The van der Waals surface area contributed by atoms with E-state index in [0.29, 0.717) is 17.5 Å². The molecule has 0 bridgehead atoms. The zero-order valence-electron chi connectivity index (χ0n) is 9.98. The minimum Gasteiger partial charge on any atom is -0.475 e. The fourth-order valence-corrected chi connectivity index (χ4v) is 1.25. The van der Waals surface area contributed by atoms with Crippen molar-refractivity contribution in [3.63, 3.8) is 0 Å². The van der Waals surface area contributed by atoms with Gasteiger partial charge in [-0.15, -0.1) is 0 Å². The number of methoxy groups -OCH3 is 1. The number of carboxylic acids is 1. The van der Waals surface area contributed by atoms with Crippen LogP contribution in [0, 0.1) is 5.92 Å². The second kappa shape index (κ2) is 5.12. The number of aromatic nitrogens is 1. The number of carboxylic acid groups (broad SMARTS) is 1. The van der Waals surface area contributed by atoms with E-state index in [9.17, 15) is 4.79 Å². The van der Waals surface area contributed by atoms with Gasteiger partial charge in [0.2, 0.25) is 5.76 Å². The quantitative estimate of drug-likeness (QED) is 0.835. The lowest BCUT2D eigenvalue weighted by Crippen LogP contribution is -2.02. The van der Waals surface area contributed by atoms with Crippen LogP contribution in [0.25, 0.3) is 0 Å². The van der Waals surface area contributed by atoms with Gasteiger partial charge in [0.05, 0.1) is 6.61 Å². The molecule has 0 aromatic carbocycles. The molecule has 1 N–H and O–H groups in total. The van der Waals surface area contributed by atoms with Crippen molar-refractivity contribution in [2.45, 2.75) is 33.3 Å². The van der Waals surface area contributed by atoms with Crippen molar-refractivity contribution in [3.05, 3.63) is 17.3 Å². The highest BCUT2D eigenvalue weighted by atomic mass is 16.5. The van der Waals surface area contributed by atoms with Crippen molar-refractivity contribution in [1.29, 1.82) is 0 Å². The summed E-state index contributed by atoms with van der Waals surface area (Å²) in [5, 5.41) is 8.94. The maximum absolute atomic E-state index is 10.9. The zero-order valence-corrected chi connectivity index (χ0v) is 9.98. The molecular formula is C11H17NO4. The Morgan fingerprint density at radius 3 is 2.56 bits per heavy atom. The SMILES string of the molecule is COCc1nc(C(C)C(C)C)oc1C(=O)O. The van der Waals surface area contributed by atoms with Gasteiger partial charge >= 0.3 is 5.97 Å². The number of ether oxygens (including phenoxy) is 1. The van der Waals surface area contributed by atoms with Crippen molar-refractivity contribution >= 4 is 5.97 Å². The highest BCUT2D eigenvalue weighted by Crippen LogP contribution is 2.25. The Kier molecular flexibility index (Phi) is 4.06. The summed E-state index contributed by atoms with van der Waals surface area (Å²) >= 11 is 0. The number of oxazole rings is 1. The summed E-state index contributed by atoms with van der Waals surface area (Å²) < 4.78 is 10.1. The second-order valence-corrected chi connectivity index (χ2v) is 4.10. The molecule has 0 radical (unpaired) electrons. The molecule has 5 heteroatoms. The van der Waals surface area contributed by atoms with E-state index >= 15 is 0 Å². The van der Waals surface area contributed by atoms with Gasteiger partial charge in [0.15, 0.2) is 5.89 Å². The van der Waals surface area contributed by atoms with Crippen LogP contribution in [0.4, 0.5) is 0 Å². The summed E-state index contributed by atoms with van der Waals surface area (Å²) in [6.07, 6.45) is 0. The zero-order chi connectivity index (χ0) is 12.3. The average Bonchev–Trinajstić information content (AvgIpc) is 2.61. The summed E-state index contributed by atoms with van der Waals surface area (Å²) in [5.41, 5.74) is 0.345. The van der Waals surface area contributed by atoms with Gasteiger partial charge in [-0.1, -0.05) is 20.8 Å². The summed E-state index contributed by atoms with van der Waals surface area (Å²) in [6.45, 7) is 6.17. The largest absolute Gasteiger partial charge is 0.475 e. The minimum absolute atomic E-state index is 0.0868. The van der Waals surface area contributed by atoms with Crippen LogP contribution in [-0.4, -0.2) is 23.2 Å². The minimum atomic E-state index is -1.11. The fraction of sp³-hybridized carbons (Fsp3) is 0.636. The lowest BCUT2D eigenvalue weighted by Gasteiger charge is -2.10. The molecule has 5 nitrogen and oxygen atoms in total. The van der Waals surface area contributed by atoms with E-state index in [1.54, 1.807) is 0 Å². The molecule has 1 atom stereocenters. The molecule has 0 saturated carbocycles. The molecule has 1 aromatic rings. The number of carbonyl (C=O) groups is 1. The Hall–Kier alpha value is -1.36. The molecule has 0 amide bonds. The van der Waals surface area contributed by atoms with Gasteiger partial charge < -0.3 is 14.3 Å². The van der Waals surface area contributed by atoms with E-state index in [1.807, 2.05) is 20.8 Å². The molecule has 0 aliphatic rings. The number of hydrogen-bond donors (Lipinski definition) is 1. The lowest BCUT2D eigenvalue weighted by molar-refractivity contribution is 0.0652. The van der Waals surface area contributed by atoms with E-state index in [4.69, 9.17) is 14.3 Å². The first-order valence-electron chi connectivity index (χ1n) is 5.19. The van der Waals surface area contributed by atoms with E-state index < -0.39 is 5.97 Å². The fourth-order valence-electron chi connectivity index (χ4n) is 1.25. The van der Waals surface area contributed by atoms with Crippen LogP contribution < -0.4 is 0 Å². The molecule has 1 unspecified atom stereocenters. The summed E-state index contributed by atoms with van der Waals surface area (Å²) in [5.74, 6) is -0.343. The first kappa shape index (κ1) is 12.7. The summed E-state index contributed by atoms with van der Waals surface area (Å²) in [6, 6.07) is 0. The Morgan fingerprint density at radius 2 is 2.12 bits per heavy atom. The van der Waals surface area contributed by atoms with Crippen molar-refractivity contribution < 1.29 is 19.1 Å². The Morgan fingerprint density at radius 1 is 1.50 bits per heavy atom. The number of aromatic carboxylic acids is 1. The molecule has 1 aromatic heterocycles. The Labute approximate surface area is 94.4 Å². The second-order valence-electron chi connectivity index (χ2n) is 4.10. The number of rotatable bonds is 5. The average molecular weight is 227 g/mol. The third-order valence-electron chi connectivity index (χ3n) is 2.58. The van der Waals surface area contributed by atoms with Crippen LogP contribution >= 0.6 is 0 Å². The van der Waals surface area contributed by atoms with E-state index in [-0.39, 0.29) is 18.3 Å². The van der Waals surface area contributed by atoms with Gasteiger partial charge in [0, 0.05) is 13.0 Å². The van der Waals surface area contributed by atoms with Crippen LogP contribution in [0.1, 0.15) is 48.8 Å². The van der Waals surface area contributed by atoms with Crippen molar-refractivity contribution in [2.75, 3.05) is 7.11 Å². The molecule has 1 rings (SSSR count). The molecule has 0 aliphatic heterocycles. The first-order chi connectivity index (χ1) is 7.47. The standard InChI is InChI=1S/C11H17NO4/c1-6(2)7(3)10-12-8(5-15-4)9(16-10)11(13)14/h6-7H,5H2,1-4H3,(H,13,14). The van der Waals surface area contributed by atoms with Crippen molar-refractivity contribution in [2.24, 2.45) is 5.92 Å². The number of nitrogens with zero attached hydrogens (tertiary/aromatic N) is 1. The normalized spacial score (nSPS) is 13.1. The number of hydrogen-bond acceptors (Lipinski definition) is 4. The third-order valence-corrected chi connectivity index (χ3v) is 2.58. The molecule has 90 valence electrons. The topological polar surface area (TPSA) is 72.6 Å². The van der Waals surface area contributed by atoms with Crippen LogP contribution in [0.15, 0.2) is 4.42 Å². The first-order valence-corrected chi connectivity index (χ1v) is 5.19. The highest BCUT2D eigenvalue weighted by molar-refractivity contribution is 5.85. The molecule has 0 spiro atoms. The Bertz CT molecular complexity index is 370. The molecule has 1 heterocycles. The molecule has 16 heavy (non-hydrogen) atoms. The van der Waals surface area contributed by atoms with Gasteiger partial charge in [0.1, 0.15) is 5.69 Å². The highest BCUT2D eigenvalue weighted by Gasteiger charge is 2.23. The molecule has 0 saturated heterocycles. The maximum atomic E-state index is 10.9. The van der Waals surface area contributed by atoms with Crippen LogP contribution in [0.5, 0.6) is 0 Å². The van der Waals surface area contributed by atoms with Gasteiger partial charge in [0.25, 0.3) is 0 Å². The van der Waals surface area contributed by atoms with Crippen LogP contribution in [0.2, 0.25) is 0 Å². The van der Waals surface area contributed by atoms with Crippen molar-refractivity contribution in [3.8, 4) is 0 Å². The molecule has 0 fully saturated rings. The van der Waals surface area contributed by atoms with Crippen LogP contribution in [-0.2, 0) is 11.3 Å². The molecule has 0 aliphatic carbocycles. The Balaban J connectivity index is 3.05. The maximum Gasteiger partial charge on any atom is 0.373 e. The van der Waals surface area contributed by atoms with Crippen LogP contribution in [0.3, 0.4) is 0 Å². The summed E-state index contributed by atoms with van der Waals surface area (Å²) in [4.78, 5) is 15.1.